The Morgan fingerprint density at radius 1 is 1.00 bits per heavy atom. The Morgan fingerprint density at radius 2 is 1.69 bits per heavy atom. The maximum Gasteiger partial charge on any atom is 0.244 e. The monoisotopic (exact) mass is 384 g/mol. The Labute approximate surface area is 171 Å². The van der Waals surface area contributed by atoms with Gasteiger partial charge < -0.3 is 10.2 Å². The molecule has 0 unspecified atom stereocenters. The van der Waals surface area contributed by atoms with Gasteiger partial charge in [-0.25, -0.2) is 0 Å². The summed E-state index contributed by atoms with van der Waals surface area (Å²) < 4.78 is 0. The second kappa shape index (κ2) is 8.31. The van der Waals surface area contributed by atoms with Gasteiger partial charge in [-0.3, -0.25) is 9.59 Å². The van der Waals surface area contributed by atoms with Gasteiger partial charge in [-0.2, -0.15) is 0 Å². The van der Waals surface area contributed by atoms with Crippen LogP contribution in [0.4, 0.5) is 5.69 Å². The van der Waals surface area contributed by atoms with Crippen LogP contribution in [0.2, 0.25) is 0 Å². The number of hydrogen-bond donors (Lipinski definition) is 1. The normalized spacial score (nSPS) is 16.0. The molecule has 0 aliphatic carbocycles. The zero-order valence-electron chi connectivity index (χ0n) is 16.5. The van der Waals surface area contributed by atoms with Crippen molar-refractivity contribution in [3.63, 3.8) is 0 Å². The maximum absolute atomic E-state index is 13.3. The van der Waals surface area contributed by atoms with E-state index in [0.29, 0.717) is 12.8 Å². The van der Waals surface area contributed by atoms with E-state index in [1.54, 1.807) is 4.90 Å². The summed E-state index contributed by atoms with van der Waals surface area (Å²) in [4.78, 5) is 27.6. The molecule has 3 aromatic rings. The molecule has 3 aromatic carbocycles. The standard InChI is InChI=1S/C25H24N2O2/c1-18-12-14-22-21(16-18)25(20-10-6-3-7-11-20)27(17-23(28)26-22)24(29)15-13-19-8-4-2-5-9-19/h2-12,14,16,25H,13,15,17H2,1H3,(H,26,28)/t25-/m1/s1. The molecule has 0 saturated carbocycles. The van der Waals surface area contributed by atoms with E-state index in [-0.39, 0.29) is 24.4 Å². The van der Waals surface area contributed by atoms with Crippen LogP contribution in [0, 0.1) is 6.92 Å². The first-order valence-electron chi connectivity index (χ1n) is 9.90. The molecule has 29 heavy (non-hydrogen) atoms. The molecular formula is C25H24N2O2. The van der Waals surface area contributed by atoms with Crippen molar-refractivity contribution in [2.45, 2.75) is 25.8 Å². The van der Waals surface area contributed by atoms with E-state index in [1.165, 1.54) is 0 Å². The predicted octanol–water partition coefficient (Wildman–Crippen LogP) is 4.50. The Hall–Kier alpha value is -3.40. The molecule has 1 N–H and O–H groups in total. The third kappa shape index (κ3) is 4.21. The number of nitrogens with zero attached hydrogens (tertiary/aromatic N) is 1. The number of hydrogen-bond acceptors (Lipinski definition) is 2. The number of nitrogens with one attached hydrogen (secondary N) is 1. The van der Waals surface area contributed by atoms with Gasteiger partial charge >= 0.3 is 0 Å². The molecule has 1 aliphatic rings. The van der Waals surface area contributed by atoms with Crippen molar-refractivity contribution in [2.75, 3.05) is 11.9 Å². The lowest BCUT2D eigenvalue weighted by Crippen LogP contribution is -2.39. The highest BCUT2D eigenvalue weighted by Gasteiger charge is 2.33. The van der Waals surface area contributed by atoms with Crippen molar-refractivity contribution in [3.05, 3.63) is 101 Å². The van der Waals surface area contributed by atoms with Crippen LogP contribution in [-0.2, 0) is 16.0 Å². The van der Waals surface area contributed by atoms with Gasteiger partial charge in [-0.1, -0.05) is 78.4 Å². The van der Waals surface area contributed by atoms with E-state index in [4.69, 9.17) is 0 Å². The molecule has 4 heteroatoms. The molecule has 1 heterocycles. The van der Waals surface area contributed by atoms with Gasteiger partial charge in [0, 0.05) is 17.7 Å². The lowest BCUT2D eigenvalue weighted by Gasteiger charge is -2.31. The second-order valence-electron chi connectivity index (χ2n) is 7.46. The van der Waals surface area contributed by atoms with Crippen LogP contribution in [0.15, 0.2) is 78.9 Å². The van der Waals surface area contributed by atoms with Gasteiger partial charge in [0.05, 0.1) is 6.04 Å². The second-order valence-corrected chi connectivity index (χ2v) is 7.46. The van der Waals surface area contributed by atoms with Gasteiger partial charge in [-0.05, 0) is 30.5 Å². The number of benzene rings is 3. The molecule has 2 amide bonds. The predicted molar refractivity (Wildman–Crippen MR) is 115 cm³/mol. The number of amides is 2. The minimum atomic E-state index is -0.298. The van der Waals surface area contributed by atoms with Crippen molar-refractivity contribution in [1.82, 2.24) is 4.90 Å². The van der Waals surface area contributed by atoms with Crippen LogP contribution in [0.5, 0.6) is 0 Å². The lowest BCUT2D eigenvalue weighted by atomic mass is 9.94. The van der Waals surface area contributed by atoms with Crippen molar-refractivity contribution >= 4 is 17.5 Å². The molecule has 4 rings (SSSR count). The molecule has 0 radical (unpaired) electrons. The minimum absolute atomic E-state index is 0.0211. The number of aryl methyl sites for hydroxylation is 2. The summed E-state index contributed by atoms with van der Waals surface area (Å²) in [5.74, 6) is -0.186. The van der Waals surface area contributed by atoms with Crippen LogP contribution in [0.25, 0.3) is 0 Å². The third-order valence-corrected chi connectivity index (χ3v) is 5.31. The smallest absolute Gasteiger partial charge is 0.244 e. The van der Waals surface area contributed by atoms with Crippen molar-refractivity contribution in [2.24, 2.45) is 0 Å². The number of carbonyl (C=O) groups excluding carboxylic acids is 2. The average Bonchev–Trinajstić information content (AvgIpc) is 2.89. The topological polar surface area (TPSA) is 49.4 Å². The quantitative estimate of drug-likeness (QED) is 0.720. The number of anilines is 1. The minimum Gasteiger partial charge on any atom is -0.324 e. The summed E-state index contributed by atoms with van der Waals surface area (Å²) in [6, 6.07) is 25.6. The Bertz CT molecular complexity index is 1020. The van der Waals surface area contributed by atoms with Gasteiger partial charge in [0.2, 0.25) is 11.8 Å². The highest BCUT2D eigenvalue weighted by Crippen LogP contribution is 2.36. The molecule has 0 spiro atoms. The SMILES string of the molecule is Cc1ccc2c(c1)[C@@H](c1ccccc1)N(C(=O)CCc1ccccc1)CC(=O)N2. The van der Waals surface area contributed by atoms with Crippen LogP contribution in [0.1, 0.15) is 34.7 Å². The summed E-state index contributed by atoms with van der Waals surface area (Å²) in [5, 5.41) is 2.98. The van der Waals surface area contributed by atoms with E-state index >= 15 is 0 Å². The van der Waals surface area contributed by atoms with E-state index in [1.807, 2.05) is 79.7 Å². The summed E-state index contributed by atoms with van der Waals surface area (Å²) in [6.45, 7) is 2.07. The number of carbonyl (C=O) groups is 2. The molecule has 4 nitrogen and oxygen atoms in total. The summed E-state index contributed by atoms with van der Waals surface area (Å²) >= 11 is 0. The zero-order valence-corrected chi connectivity index (χ0v) is 16.5. The first-order valence-corrected chi connectivity index (χ1v) is 9.90. The zero-order chi connectivity index (χ0) is 20.2. The maximum atomic E-state index is 13.3. The lowest BCUT2D eigenvalue weighted by molar-refractivity contribution is -0.136. The van der Waals surface area contributed by atoms with Gasteiger partial charge in [0.15, 0.2) is 0 Å². The van der Waals surface area contributed by atoms with E-state index in [9.17, 15) is 9.59 Å². The first kappa shape index (κ1) is 18.9. The van der Waals surface area contributed by atoms with Crippen LogP contribution < -0.4 is 5.32 Å². The van der Waals surface area contributed by atoms with Crippen LogP contribution >= 0.6 is 0 Å². The molecule has 1 atom stereocenters. The molecule has 0 fully saturated rings. The van der Waals surface area contributed by atoms with Crippen LogP contribution in [0.3, 0.4) is 0 Å². The Kier molecular flexibility index (Phi) is 5.43. The fourth-order valence-electron chi connectivity index (χ4n) is 3.89. The molecule has 146 valence electrons. The van der Waals surface area contributed by atoms with Gasteiger partial charge in [0.25, 0.3) is 0 Å². The Balaban J connectivity index is 1.71. The summed E-state index contributed by atoms with van der Waals surface area (Å²) in [6.07, 6.45) is 1.02. The average molecular weight is 384 g/mol. The highest BCUT2D eigenvalue weighted by molar-refractivity contribution is 5.97. The molecule has 1 aliphatic heterocycles. The fourth-order valence-corrected chi connectivity index (χ4v) is 3.89. The van der Waals surface area contributed by atoms with E-state index in [2.05, 4.69) is 11.4 Å². The number of rotatable bonds is 4. The summed E-state index contributed by atoms with van der Waals surface area (Å²) in [5.41, 5.74) is 4.94. The Morgan fingerprint density at radius 3 is 2.41 bits per heavy atom. The van der Waals surface area contributed by atoms with Gasteiger partial charge in [-0.15, -0.1) is 0 Å². The largest absolute Gasteiger partial charge is 0.324 e. The van der Waals surface area contributed by atoms with Gasteiger partial charge in [0.1, 0.15) is 6.54 Å². The van der Waals surface area contributed by atoms with E-state index < -0.39 is 0 Å². The van der Waals surface area contributed by atoms with Crippen LogP contribution in [-0.4, -0.2) is 23.3 Å². The molecule has 0 aromatic heterocycles. The van der Waals surface area contributed by atoms with Crippen molar-refractivity contribution in [3.8, 4) is 0 Å². The van der Waals surface area contributed by atoms with Crippen molar-refractivity contribution in [1.29, 1.82) is 0 Å². The molecule has 0 saturated heterocycles. The van der Waals surface area contributed by atoms with E-state index in [0.717, 1.165) is 27.9 Å². The summed E-state index contributed by atoms with van der Waals surface area (Å²) in [7, 11) is 0. The van der Waals surface area contributed by atoms with Crippen molar-refractivity contribution < 1.29 is 9.59 Å². The third-order valence-electron chi connectivity index (χ3n) is 5.31. The highest BCUT2D eigenvalue weighted by atomic mass is 16.2. The fraction of sp³-hybridized carbons (Fsp3) is 0.200. The first-order chi connectivity index (χ1) is 14.1. The number of fused-ring (bicyclic) bond motifs is 1. The molecular weight excluding hydrogens is 360 g/mol. The molecule has 0 bridgehead atoms.